The summed E-state index contributed by atoms with van der Waals surface area (Å²) in [5, 5.41) is 3.98. The Labute approximate surface area is 140 Å². The molecule has 2 aliphatic rings. The maximum absolute atomic E-state index is 13.0. The van der Waals surface area contributed by atoms with E-state index in [4.69, 9.17) is 4.52 Å². The van der Waals surface area contributed by atoms with Crippen LogP contribution in [0.25, 0.3) is 0 Å². The Morgan fingerprint density at radius 3 is 2.96 bits per heavy atom. The van der Waals surface area contributed by atoms with Gasteiger partial charge in [0.25, 0.3) is 5.91 Å². The fraction of sp³-hybridized carbons (Fsp3) is 0.556. The van der Waals surface area contributed by atoms with E-state index in [0.29, 0.717) is 0 Å². The zero-order valence-electron chi connectivity index (χ0n) is 13.5. The highest BCUT2D eigenvalue weighted by Gasteiger charge is 2.34. The van der Waals surface area contributed by atoms with E-state index < -0.39 is 0 Å². The van der Waals surface area contributed by atoms with Gasteiger partial charge >= 0.3 is 0 Å². The fourth-order valence-electron chi connectivity index (χ4n) is 3.76. The number of fused-ring (bicyclic) bond motifs is 1. The minimum atomic E-state index is 0.0469. The molecule has 1 aliphatic heterocycles. The van der Waals surface area contributed by atoms with E-state index in [-0.39, 0.29) is 11.9 Å². The van der Waals surface area contributed by atoms with Gasteiger partial charge in [0.05, 0.1) is 16.6 Å². The third-order valence-corrected chi connectivity index (χ3v) is 6.17. The second-order valence-corrected chi connectivity index (χ2v) is 7.78. The molecule has 2 aromatic heterocycles. The van der Waals surface area contributed by atoms with Crippen LogP contribution in [-0.4, -0.2) is 22.5 Å². The minimum absolute atomic E-state index is 0.0469. The van der Waals surface area contributed by atoms with Crippen molar-refractivity contribution >= 4 is 17.2 Å². The molecular formula is C18H22N2O2S. The van der Waals surface area contributed by atoms with Crippen molar-refractivity contribution in [1.82, 2.24) is 10.1 Å². The van der Waals surface area contributed by atoms with Crippen molar-refractivity contribution in [2.24, 2.45) is 0 Å². The van der Waals surface area contributed by atoms with E-state index in [1.807, 2.05) is 17.9 Å². The van der Waals surface area contributed by atoms with Gasteiger partial charge in [-0.1, -0.05) is 11.6 Å². The molecule has 5 heteroatoms. The molecule has 0 N–H and O–H groups in total. The number of amides is 1. The Balaban J connectivity index is 1.58. The molecule has 23 heavy (non-hydrogen) atoms. The number of thiophene rings is 1. The highest BCUT2D eigenvalue weighted by Crippen LogP contribution is 2.36. The lowest BCUT2D eigenvalue weighted by molar-refractivity contribution is 0.0719. The summed E-state index contributed by atoms with van der Waals surface area (Å²) in [4.78, 5) is 17.3. The van der Waals surface area contributed by atoms with E-state index >= 15 is 0 Å². The molecule has 2 aromatic rings. The number of carbonyl (C=O) groups is 1. The van der Waals surface area contributed by atoms with Crippen LogP contribution in [0.5, 0.6) is 0 Å². The smallest absolute Gasteiger partial charge is 0.264 e. The van der Waals surface area contributed by atoms with Gasteiger partial charge in [-0.2, -0.15) is 0 Å². The predicted molar refractivity (Wildman–Crippen MR) is 89.8 cm³/mol. The molecule has 4 nitrogen and oxygen atoms in total. The Bertz CT molecular complexity index is 695. The third-order valence-electron chi connectivity index (χ3n) is 4.95. The Hall–Kier alpha value is -1.62. The van der Waals surface area contributed by atoms with Gasteiger partial charge in [-0.05, 0) is 57.1 Å². The first-order valence-corrected chi connectivity index (χ1v) is 9.40. The lowest BCUT2D eigenvalue weighted by Crippen LogP contribution is -2.29. The molecule has 1 saturated heterocycles. The molecule has 1 atom stereocenters. The summed E-state index contributed by atoms with van der Waals surface area (Å²) in [5.41, 5.74) is 2.28. The maximum atomic E-state index is 13.0. The van der Waals surface area contributed by atoms with Crippen LogP contribution >= 0.6 is 11.3 Å². The highest BCUT2D eigenvalue weighted by molar-refractivity contribution is 7.14. The van der Waals surface area contributed by atoms with Crippen LogP contribution in [0, 0.1) is 6.92 Å². The quantitative estimate of drug-likeness (QED) is 0.772. The Kier molecular flexibility index (Phi) is 3.97. The van der Waals surface area contributed by atoms with E-state index in [0.717, 1.165) is 48.6 Å². The van der Waals surface area contributed by atoms with Gasteiger partial charge in [0.15, 0.2) is 5.76 Å². The first kappa shape index (κ1) is 14.9. The third kappa shape index (κ3) is 2.82. The molecule has 1 aliphatic carbocycles. The summed E-state index contributed by atoms with van der Waals surface area (Å²) < 4.78 is 5.42. The monoisotopic (exact) mass is 330 g/mol. The summed E-state index contributed by atoms with van der Waals surface area (Å²) in [6.45, 7) is 2.73. The van der Waals surface area contributed by atoms with Gasteiger partial charge in [-0.15, -0.1) is 11.3 Å². The summed E-state index contributed by atoms with van der Waals surface area (Å²) >= 11 is 1.71. The fourth-order valence-corrected chi connectivity index (χ4v) is 4.97. The van der Waals surface area contributed by atoms with Crippen molar-refractivity contribution in [3.05, 3.63) is 38.9 Å². The van der Waals surface area contributed by atoms with Gasteiger partial charge in [0.1, 0.15) is 0 Å². The first-order valence-electron chi connectivity index (χ1n) is 8.58. The van der Waals surface area contributed by atoms with E-state index in [2.05, 4.69) is 11.2 Å². The van der Waals surface area contributed by atoms with Crippen LogP contribution in [0.4, 0.5) is 0 Å². The molecular weight excluding hydrogens is 308 g/mol. The van der Waals surface area contributed by atoms with Gasteiger partial charge in [0, 0.05) is 17.5 Å². The zero-order chi connectivity index (χ0) is 15.8. The maximum Gasteiger partial charge on any atom is 0.264 e. The van der Waals surface area contributed by atoms with Crippen molar-refractivity contribution in [3.63, 3.8) is 0 Å². The summed E-state index contributed by atoms with van der Waals surface area (Å²) in [5.74, 6) is 0.992. The van der Waals surface area contributed by atoms with Crippen LogP contribution in [-0.2, 0) is 12.8 Å². The number of carbonyl (C=O) groups excluding carboxylic acids is 1. The molecule has 0 aromatic carbocycles. The number of hydrogen-bond donors (Lipinski definition) is 0. The van der Waals surface area contributed by atoms with E-state index in [1.54, 1.807) is 11.3 Å². The van der Waals surface area contributed by atoms with Gasteiger partial charge in [-0.3, -0.25) is 4.79 Å². The summed E-state index contributed by atoms with van der Waals surface area (Å²) in [6, 6.07) is 4.15. The molecule has 1 fully saturated rings. The largest absolute Gasteiger partial charge is 0.359 e. The Morgan fingerprint density at radius 1 is 1.26 bits per heavy atom. The second kappa shape index (κ2) is 6.11. The molecule has 122 valence electrons. The normalized spacial score (nSPS) is 21.3. The molecule has 1 amide bonds. The van der Waals surface area contributed by atoms with Crippen LogP contribution in [0.15, 0.2) is 16.7 Å². The van der Waals surface area contributed by atoms with Crippen LogP contribution < -0.4 is 0 Å². The van der Waals surface area contributed by atoms with Crippen molar-refractivity contribution in [2.75, 3.05) is 6.54 Å². The number of rotatable bonds is 2. The number of likely N-dealkylation sites (tertiary alicyclic amines) is 1. The van der Waals surface area contributed by atoms with E-state index in [9.17, 15) is 4.79 Å². The highest BCUT2D eigenvalue weighted by atomic mass is 32.1. The minimum Gasteiger partial charge on any atom is -0.359 e. The van der Waals surface area contributed by atoms with Crippen LogP contribution in [0.3, 0.4) is 0 Å². The lowest BCUT2D eigenvalue weighted by Gasteiger charge is -2.21. The number of hydrogen-bond acceptors (Lipinski definition) is 4. The van der Waals surface area contributed by atoms with Gasteiger partial charge in [-0.25, -0.2) is 0 Å². The molecule has 3 heterocycles. The predicted octanol–water partition coefficient (Wildman–Crippen LogP) is 4.29. The molecule has 4 rings (SSSR count). The Morgan fingerprint density at radius 2 is 2.13 bits per heavy atom. The van der Waals surface area contributed by atoms with Crippen LogP contribution in [0.2, 0.25) is 0 Å². The average molecular weight is 330 g/mol. The van der Waals surface area contributed by atoms with Crippen molar-refractivity contribution in [3.8, 4) is 0 Å². The molecule has 0 unspecified atom stereocenters. The van der Waals surface area contributed by atoms with Crippen LogP contribution in [0.1, 0.15) is 69.7 Å². The molecule has 0 spiro atoms. The number of aromatic nitrogens is 1. The first-order chi connectivity index (χ1) is 11.2. The summed E-state index contributed by atoms with van der Waals surface area (Å²) in [6.07, 6.45) is 8.07. The topological polar surface area (TPSA) is 46.3 Å². The van der Waals surface area contributed by atoms with Crippen molar-refractivity contribution < 1.29 is 9.32 Å². The van der Waals surface area contributed by atoms with Crippen molar-refractivity contribution in [2.45, 2.75) is 57.9 Å². The number of aryl methyl sites for hydroxylation is 3. The summed E-state index contributed by atoms with van der Waals surface area (Å²) in [7, 11) is 0. The van der Waals surface area contributed by atoms with Crippen molar-refractivity contribution in [1.29, 1.82) is 0 Å². The SMILES string of the molecule is Cc1cc([C@H]2CCCN2C(=O)c2cc3c(s2)CCCCC3)on1. The standard InChI is InChI=1S/C18H22N2O2S/c1-12-10-15(22-19-12)14-7-5-9-20(14)18(21)17-11-13-6-3-2-4-8-16(13)23-17/h10-11,14H,2-9H2,1H3/t14-/m1/s1. The zero-order valence-corrected chi connectivity index (χ0v) is 14.3. The molecule has 0 saturated carbocycles. The van der Waals surface area contributed by atoms with Gasteiger partial charge < -0.3 is 9.42 Å². The number of nitrogens with zero attached hydrogens (tertiary/aromatic N) is 2. The molecule has 0 bridgehead atoms. The average Bonchev–Trinajstić information content (AvgIpc) is 3.24. The lowest BCUT2D eigenvalue weighted by atomic mass is 10.1. The van der Waals surface area contributed by atoms with E-state index in [1.165, 1.54) is 29.7 Å². The van der Waals surface area contributed by atoms with Gasteiger partial charge in [0.2, 0.25) is 0 Å². The molecule has 0 radical (unpaired) electrons. The second-order valence-electron chi connectivity index (χ2n) is 6.65.